The van der Waals surface area contributed by atoms with Crippen molar-refractivity contribution in [2.75, 3.05) is 25.7 Å². The van der Waals surface area contributed by atoms with E-state index in [0.717, 1.165) is 45.8 Å². The molecule has 0 aromatic heterocycles. The molecule has 3 aromatic rings. The fraction of sp³-hybridized carbons (Fsp3) is 0.290. The molecule has 0 radical (unpaired) electrons. The lowest BCUT2D eigenvalue weighted by Crippen LogP contribution is -2.49. The molecule has 190 valence electrons. The van der Waals surface area contributed by atoms with Gasteiger partial charge in [-0.05, 0) is 77.0 Å². The Hall–Kier alpha value is -2.96. The van der Waals surface area contributed by atoms with Crippen molar-refractivity contribution in [3.05, 3.63) is 107 Å². The van der Waals surface area contributed by atoms with Gasteiger partial charge in [0, 0.05) is 11.5 Å². The average Bonchev–Trinajstić information content (AvgIpc) is 2.94. The first-order valence-electron chi connectivity index (χ1n) is 12.4. The quantitative estimate of drug-likeness (QED) is 0.248. The van der Waals surface area contributed by atoms with Crippen LogP contribution in [0.25, 0.3) is 5.57 Å². The second-order valence-corrected chi connectivity index (χ2v) is 12.1. The van der Waals surface area contributed by atoms with Crippen molar-refractivity contribution in [2.24, 2.45) is 5.92 Å². The Bertz CT molecular complexity index is 1320. The van der Waals surface area contributed by atoms with E-state index < -0.39 is 10.00 Å². The molecule has 6 heteroatoms. The normalized spacial score (nSPS) is 20.6. The number of benzene rings is 3. The minimum absolute atomic E-state index is 0.0189. The van der Waals surface area contributed by atoms with E-state index in [0.29, 0.717) is 11.3 Å². The first-order valence-corrected chi connectivity index (χ1v) is 14.4. The third-order valence-corrected chi connectivity index (χ3v) is 10.5. The monoisotopic (exact) mass is 530 g/mol. The summed E-state index contributed by atoms with van der Waals surface area (Å²) in [6.45, 7) is 2.08. The van der Waals surface area contributed by atoms with Gasteiger partial charge >= 0.3 is 5.97 Å². The summed E-state index contributed by atoms with van der Waals surface area (Å²) in [5.74, 6) is 1.40. The van der Waals surface area contributed by atoms with Gasteiger partial charge in [-0.15, -0.1) is 23.5 Å². The van der Waals surface area contributed by atoms with Crippen molar-refractivity contribution < 1.29 is 19.1 Å². The van der Waals surface area contributed by atoms with Crippen LogP contribution in [0.15, 0.2) is 84.4 Å². The number of thioether (sulfide) groups is 2. The van der Waals surface area contributed by atoms with Crippen LogP contribution in [0.4, 0.5) is 0 Å². The van der Waals surface area contributed by atoms with Gasteiger partial charge in [0.05, 0.1) is 20.1 Å². The van der Waals surface area contributed by atoms with E-state index in [2.05, 4.69) is 31.2 Å². The van der Waals surface area contributed by atoms with Crippen LogP contribution in [-0.2, 0) is 9.53 Å². The first-order chi connectivity index (χ1) is 18.0. The van der Waals surface area contributed by atoms with Gasteiger partial charge in [-0.2, -0.15) is 0 Å². The number of aryl methyl sites for hydroxylation is 1. The summed E-state index contributed by atoms with van der Waals surface area (Å²) in [7, 11) is 3.05. The number of rotatable bonds is 7. The highest BCUT2D eigenvalue weighted by Gasteiger charge is 2.59. The third-order valence-electron chi connectivity index (χ3n) is 7.21. The number of esters is 1. The first kappa shape index (κ1) is 25.7. The predicted octanol–water partition coefficient (Wildman–Crippen LogP) is 6.79. The zero-order valence-electron chi connectivity index (χ0n) is 21.2. The van der Waals surface area contributed by atoms with E-state index in [1.807, 2.05) is 54.6 Å². The number of allylic oxidation sites excluding steroid dienone is 1. The summed E-state index contributed by atoms with van der Waals surface area (Å²) in [4.78, 5) is 27.9. The van der Waals surface area contributed by atoms with Crippen molar-refractivity contribution >= 4 is 40.8 Å². The lowest BCUT2D eigenvalue weighted by molar-refractivity contribution is -0.145. The Morgan fingerprint density at radius 3 is 2.14 bits per heavy atom. The molecule has 1 heterocycles. The molecule has 0 saturated carbocycles. The molecule has 0 unspecified atom stereocenters. The molecule has 4 nitrogen and oxygen atoms in total. The Balaban J connectivity index is 1.76. The van der Waals surface area contributed by atoms with Crippen LogP contribution in [0.2, 0.25) is 0 Å². The molecule has 1 aliphatic carbocycles. The number of hydrogen-bond acceptors (Lipinski definition) is 6. The van der Waals surface area contributed by atoms with Crippen molar-refractivity contribution in [3.63, 3.8) is 0 Å². The summed E-state index contributed by atoms with van der Waals surface area (Å²) < 4.78 is 9.80. The zero-order chi connectivity index (χ0) is 26.0. The highest BCUT2D eigenvalue weighted by molar-refractivity contribution is 8.20. The molecule has 0 N–H and O–H groups in total. The third kappa shape index (κ3) is 4.51. The van der Waals surface area contributed by atoms with Crippen molar-refractivity contribution in [1.82, 2.24) is 0 Å². The largest absolute Gasteiger partial charge is 0.497 e. The Kier molecular flexibility index (Phi) is 7.50. The van der Waals surface area contributed by atoms with Gasteiger partial charge in [-0.25, -0.2) is 0 Å². The minimum Gasteiger partial charge on any atom is -0.497 e. The molecule has 0 amide bonds. The lowest BCUT2D eigenvalue weighted by Gasteiger charge is -2.50. The molecule has 3 aromatic carbocycles. The standard InChI is InChI=1S/C31H30O4S2/c1-20-10-7-8-13-24(20)26-25(21-11-5-4-6-12-21)28(27(26)30(33)35-3)31(36-18-9-19-37-31)29(32)22-14-16-23(34-2)17-15-22/h4-8,10-17,26-27H,9,18-19H2,1-3H3/t26-,27+/m1/s1. The number of carbonyl (C=O) groups is 2. The van der Waals surface area contributed by atoms with Gasteiger partial charge in [0.1, 0.15) is 9.83 Å². The summed E-state index contributed by atoms with van der Waals surface area (Å²) in [6.07, 6.45) is 1.02. The molecule has 0 bridgehead atoms. The van der Waals surface area contributed by atoms with Gasteiger partial charge in [0.15, 0.2) is 5.78 Å². The van der Waals surface area contributed by atoms with Gasteiger partial charge in [0.2, 0.25) is 0 Å². The Morgan fingerprint density at radius 1 is 0.865 bits per heavy atom. The van der Waals surface area contributed by atoms with Crippen molar-refractivity contribution in [3.8, 4) is 5.75 Å². The summed E-state index contributed by atoms with van der Waals surface area (Å²) >= 11 is 3.31. The number of ketones is 1. The maximum absolute atomic E-state index is 14.4. The van der Waals surface area contributed by atoms with Crippen LogP contribution in [-0.4, -0.2) is 41.6 Å². The molecule has 2 aliphatic rings. The molecule has 1 saturated heterocycles. The van der Waals surface area contributed by atoms with Crippen LogP contribution in [0, 0.1) is 12.8 Å². The van der Waals surface area contributed by atoms with E-state index in [1.54, 1.807) is 30.6 Å². The Labute approximate surface area is 226 Å². The van der Waals surface area contributed by atoms with E-state index in [4.69, 9.17) is 9.47 Å². The smallest absolute Gasteiger partial charge is 0.313 e. The highest BCUT2D eigenvalue weighted by atomic mass is 32.2. The van der Waals surface area contributed by atoms with E-state index in [9.17, 15) is 9.59 Å². The average molecular weight is 531 g/mol. The number of Topliss-reactive ketones (excluding diaryl/α,β-unsaturated/α-hetero) is 1. The molecule has 5 rings (SSSR count). The van der Waals surface area contributed by atoms with Crippen LogP contribution in [0.5, 0.6) is 5.75 Å². The van der Waals surface area contributed by atoms with Crippen LogP contribution in [0.3, 0.4) is 0 Å². The molecule has 2 atom stereocenters. The van der Waals surface area contributed by atoms with Gasteiger partial charge in [-0.1, -0.05) is 54.6 Å². The predicted molar refractivity (Wildman–Crippen MR) is 152 cm³/mol. The lowest BCUT2D eigenvalue weighted by atomic mass is 9.60. The van der Waals surface area contributed by atoms with Crippen molar-refractivity contribution in [1.29, 1.82) is 0 Å². The molecule has 1 fully saturated rings. The van der Waals surface area contributed by atoms with Crippen LogP contribution >= 0.6 is 23.5 Å². The Morgan fingerprint density at radius 2 is 1.51 bits per heavy atom. The molecular weight excluding hydrogens is 500 g/mol. The van der Waals surface area contributed by atoms with Crippen LogP contribution < -0.4 is 4.74 Å². The molecule has 0 spiro atoms. The number of carbonyl (C=O) groups excluding carboxylic acids is 2. The zero-order valence-corrected chi connectivity index (χ0v) is 22.9. The highest BCUT2D eigenvalue weighted by Crippen LogP contribution is 2.64. The van der Waals surface area contributed by atoms with Gasteiger partial charge in [-0.3, -0.25) is 9.59 Å². The van der Waals surface area contributed by atoms with E-state index in [1.165, 1.54) is 7.11 Å². The van der Waals surface area contributed by atoms with E-state index in [-0.39, 0.29) is 17.7 Å². The fourth-order valence-electron chi connectivity index (χ4n) is 5.43. The van der Waals surface area contributed by atoms with Gasteiger partial charge in [0.25, 0.3) is 0 Å². The van der Waals surface area contributed by atoms with E-state index >= 15 is 0 Å². The van der Waals surface area contributed by atoms with Crippen molar-refractivity contribution in [2.45, 2.75) is 23.3 Å². The second-order valence-electron chi connectivity index (χ2n) is 9.25. The number of hydrogen-bond donors (Lipinski definition) is 0. The molecule has 37 heavy (non-hydrogen) atoms. The summed E-state index contributed by atoms with van der Waals surface area (Å²) in [5, 5.41) is 0. The fourth-order valence-corrected chi connectivity index (χ4v) is 8.88. The summed E-state index contributed by atoms with van der Waals surface area (Å²) in [5.41, 5.74) is 5.82. The molecule has 1 aliphatic heterocycles. The SMILES string of the molecule is COC(=O)[C@@H]1C(C2(C(=O)c3ccc(OC)cc3)SCCCS2)=C(c2ccccc2)[C@H]1c1ccccc1C. The topological polar surface area (TPSA) is 52.6 Å². The number of methoxy groups -OCH3 is 2. The maximum atomic E-state index is 14.4. The summed E-state index contributed by atoms with van der Waals surface area (Å²) in [6, 6.07) is 25.7. The number of ether oxygens (including phenoxy) is 2. The van der Waals surface area contributed by atoms with Gasteiger partial charge < -0.3 is 9.47 Å². The second kappa shape index (κ2) is 10.8. The molecular formula is C31H30O4S2. The maximum Gasteiger partial charge on any atom is 0.313 e. The minimum atomic E-state index is -0.907. The van der Waals surface area contributed by atoms with Crippen LogP contribution in [0.1, 0.15) is 39.4 Å².